The van der Waals surface area contributed by atoms with Gasteiger partial charge in [0.05, 0.1) is 7.11 Å². The maximum Gasteiger partial charge on any atom is 0.373 e. The summed E-state index contributed by atoms with van der Waals surface area (Å²) in [6.07, 6.45) is 3.16. The van der Waals surface area contributed by atoms with Crippen LogP contribution in [0.5, 0.6) is 0 Å². The normalized spacial score (nSPS) is 20.1. The molecule has 1 atom stereocenters. The number of ketones is 1. The summed E-state index contributed by atoms with van der Waals surface area (Å²) >= 11 is 0. The summed E-state index contributed by atoms with van der Waals surface area (Å²) in [6, 6.07) is 3.32. The minimum Gasteiger partial charge on any atom is -0.463 e. The first-order chi connectivity index (χ1) is 7.70. The SMILES string of the molecule is COC(=O)c1ccc(C[C@H]2CCCC2=O)o1. The van der Waals surface area contributed by atoms with Gasteiger partial charge in [-0.15, -0.1) is 0 Å². The monoisotopic (exact) mass is 222 g/mol. The van der Waals surface area contributed by atoms with Crippen molar-refractivity contribution in [2.45, 2.75) is 25.7 Å². The molecule has 0 bridgehead atoms. The van der Waals surface area contributed by atoms with Gasteiger partial charge in [0.2, 0.25) is 5.76 Å². The second-order valence-corrected chi connectivity index (χ2v) is 4.02. The Kier molecular flexibility index (Phi) is 3.08. The van der Waals surface area contributed by atoms with Crippen LogP contribution >= 0.6 is 0 Å². The van der Waals surface area contributed by atoms with Gasteiger partial charge in [-0.25, -0.2) is 4.79 Å². The van der Waals surface area contributed by atoms with Gasteiger partial charge in [0.25, 0.3) is 0 Å². The maximum atomic E-state index is 11.4. The summed E-state index contributed by atoms with van der Waals surface area (Å²) in [6.45, 7) is 0. The zero-order chi connectivity index (χ0) is 11.5. The highest BCUT2D eigenvalue weighted by molar-refractivity contribution is 5.86. The third kappa shape index (κ3) is 2.15. The van der Waals surface area contributed by atoms with Crippen LogP contribution in [-0.4, -0.2) is 18.9 Å². The molecule has 16 heavy (non-hydrogen) atoms. The molecule has 1 saturated carbocycles. The van der Waals surface area contributed by atoms with E-state index < -0.39 is 5.97 Å². The number of Topliss-reactive ketones (excluding diaryl/α,β-unsaturated/α-hetero) is 1. The van der Waals surface area contributed by atoms with Crippen molar-refractivity contribution >= 4 is 11.8 Å². The smallest absolute Gasteiger partial charge is 0.373 e. The number of carbonyl (C=O) groups is 2. The van der Waals surface area contributed by atoms with Crippen molar-refractivity contribution in [1.82, 2.24) is 0 Å². The summed E-state index contributed by atoms with van der Waals surface area (Å²) in [5.74, 6) is 0.764. The van der Waals surface area contributed by atoms with Gasteiger partial charge in [0.1, 0.15) is 11.5 Å². The van der Waals surface area contributed by atoms with Gasteiger partial charge in [0, 0.05) is 18.8 Å². The Balaban J connectivity index is 2.02. The van der Waals surface area contributed by atoms with E-state index in [1.54, 1.807) is 12.1 Å². The summed E-state index contributed by atoms with van der Waals surface area (Å²) < 4.78 is 9.86. The largest absolute Gasteiger partial charge is 0.463 e. The molecular formula is C12H14O4. The number of rotatable bonds is 3. The molecule has 86 valence electrons. The van der Waals surface area contributed by atoms with Crippen LogP contribution in [0, 0.1) is 5.92 Å². The lowest BCUT2D eigenvalue weighted by molar-refractivity contribution is -0.120. The van der Waals surface area contributed by atoms with Crippen molar-refractivity contribution in [1.29, 1.82) is 0 Å². The van der Waals surface area contributed by atoms with E-state index in [1.165, 1.54) is 7.11 Å². The molecule has 4 heteroatoms. The number of hydrogen-bond acceptors (Lipinski definition) is 4. The first-order valence-corrected chi connectivity index (χ1v) is 5.40. The van der Waals surface area contributed by atoms with Crippen LogP contribution in [0.15, 0.2) is 16.5 Å². The fourth-order valence-corrected chi connectivity index (χ4v) is 2.04. The molecule has 0 aromatic carbocycles. The van der Waals surface area contributed by atoms with Crippen LogP contribution in [0.25, 0.3) is 0 Å². The van der Waals surface area contributed by atoms with E-state index in [1.807, 2.05) is 0 Å². The molecule has 1 aliphatic rings. The van der Waals surface area contributed by atoms with Crippen LogP contribution in [0.1, 0.15) is 35.6 Å². The van der Waals surface area contributed by atoms with E-state index in [4.69, 9.17) is 4.42 Å². The molecule has 1 aromatic rings. The Hall–Kier alpha value is -1.58. The lowest BCUT2D eigenvalue weighted by Gasteiger charge is -2.04. The Morgan fingerprint density at radius 3 is 3.00 bits per heavy atom. The summed E-state index contributed by atoms with van der Waals surface area (Å²) in [5.41, 5.74) is 0. The third-order valence-electron chi connectivity index (χ3n) is 2.93. The van der Waals surface area contributed by atoms with Crippen molar-refractivity contribution in [3.8, 4) is 0 Å². The second kappa shape index (κ2) is 4.51. The Labute approximate surface area is 93.6 Å². The summed E-state index contributed by atoms with van der Waals surface area (Å²) in [4.78, 5) is 22.6. The Bertz CT molecular complexity index is 405. The average molecular weight is 222 g/mol. The molecule has 0 spiro atoms. The minimum atomic E-state index is -0.482. The van der Waals surface area contributed by atoms with Gasteiger partial charge >= 0.3 is 5.97 Å². The fraction of sp³-hybridized carbons (Fsp3) is 0.500. The maximum absolute atomic E-state index is 11.4. The first kappa shape index (κ1) is 10.9. The predicted octanol–water partition coefficient (Wildman–Crippen LogP) is 1.98. The topological polar surface area (TPSA) is 56.5 Å². The van der Waals surface area contributed by atoms with Gasteiger partial charge in [-0.3, -0.25) is 4.79 Å². The molecular weight excluding hydrogens is 208 g/mol. The molecule has 1 aromatic heterocycles. The zero-order valence-corrected chi connectivity index (χ0v) is 9.19. The fourth-order valence-electron chi connectivity index (χ4n) is 2.04. The van der Waals surface area contributed by atoms with Crippen LogP contribution in [0.4, 0.5) is 0 Å². The summed E-state index contributed by atoms with van der Waals surface area (Å²) in [7, 11) is 1.31. The lowest BCUT2D eigenvalue weighted by atomic mass is 10.0. The molecule has 0 N–H and O–H groups in total. The van der Waals surface area contributed by atoms with Gasteiger partial charge in [-0.1, -0.05) is 0 Å². The van der Waals surface area contributed by atoms with Crippen molar-refractivity contribution in [2.75, 3.05) is 7.11 Å². The molecule has 1 fully saturated rings. The van der Waals surface area contributed by atoms with Crippen LogP contribution < -0.4 is 0 Å². The van der Waals surface area contributed by atoms with E-state index in [0.29, 0.717) is 24.4 Å². The molecule has 4 nitrogen and oxygen atoms in total. The van der Waals surface area contributed by atoms with Gasteiger partial charge in [-0.2, -0.15) is 0 Å². The van der Waals surface area contributed by atoms with Crippen LogP contribution in [0.3, 0.4) is 0 Å². The number of furan rings is 1. The van der Waals surface area contributed by atoms with Crippen LogP contribution in [-0.2, 0) is 16.0 Å². The second-order valence-electron chi connectivity index (χ2n) is 4.02. The number of carbonyl (C=O) groups excluding carboxylic acids is 2. The standard InChI is InChI=1S/C12H14O4/c1-15-12(14)11-6-5-9(16-11)7-8-3-2-4-10(8)13/h5-6,8H,2-4,7H2,1H3/t8-/m1/s1. The van der Waals surface area contributed by atoms with E-state index in [0.717, 1.165) is 12.8 Å². The van der Waals surface area contributed by atoms with Gasteiger partial charge in [0.15, 0.2) is 0 Å². The molecule has 0 saturated heterocycles. The average Bonchev–Trinajstić information content (AvgIpc) is 2.89. The molecule has 0 amide bonds. The van der Waals surface area contributed by atoms with Crippen LogP contribution in [0.2, 0.25) is 0 Å². The molecule has 1 aliphatic carbocycles. The highest BCUT2D eigenvalue weighted by Gasteiger charge is 2.25. The Morgan fingerprint density at radius 2 is 2.38 bits per heavy atom. The number of hydrogen-bond donors (Lipinski definition) is 0. The predicted molar refractivity (Wildman–Crippen MR) is 56.1 cm³/mol. The van der Waals surface area contributed by atoms with Crippen molar-refractivity contribution < 1.29 is 18.7 Å². The van der Waals surface area contributed by atoms with Gasteiger partial charge in [-0.05, 0) is 25.0 Å². The molecule has 0 unspecified atom stereocenters. The minimum absolute atomic E-state index is 0.0663. The molecule has 0 aliphatic heterocycles. The van der Waals surface area contributed by atoms with E-state index in [-0.39, 0.29) is 11.7 Å². The Morgan fingerprint density at radius 1 is 1.56 bits per heavy atom. The van der Waals surface area contributed by atoms with E-state index in [9.17, 15) is 9.59 Å². The molecule has 0 radical (unpaired) electrons. The van der Waals surface area contributed by atoms with E-state index >= 15 is 0 Å². The zero-order valence-electron chi connectivity index (χ0n) is 9.19. The highest BCUT2D eigenvalue weighted by Crippen LogP contribution is 2.25. The third-order valence-corrected chi connectivity index (χ3v) is 2.93. The van der Waals surface area contributed by atoms with E-state index in [2.05, 4.69) is 4.74 Å². The highest BCUT2D eigenvalue weighted by atomic mass is 16.5. The first-order valence-electron chi connectivity index (χ1n) is 5.40. The molecule has 2 rings (SSSR count). The lowest BCUT2D eigenvalue weighted by Crippen LogP contribution is -2.08. The quantitative estimate of drug-likeness (QED) is 0.734. The number of methoxy groups -OCH3 is 1. The van der Waals surface area contributed by atoms with Crippen molar-refractivity contribution in [3.63, 3.8) is 0 Å². The van der Waals surface area contributed by atoms with Crippen molar-refractivity contribution in [3.05, 3.63) is 23.7 Å². The number of ether oxygens (including phenoxy) is 1. The van der Waals surface area contributed by atoms with Crippen molar-refractivity contribution in [2.24, 2.45) is 5.92 Å². The molecule has 1 heterocycles. The number of esters is 1. The summed E-state index contributed by atoms with van der Waals surface area (Å²) in [5, 5.41) is 0. The van der Waals surface area contributed by atoms with Gasteiger partial charge < -0.3 is 9.15 Å².